The van der Waals surface area contributed by atoms with Crippen molar-refractivity contribution in [2.75, 3.05) is 5.43 Å². The van der Waals surface area contributed by atoms with Crippen molar-refractivity contribution in [1.82, 2.24) is 9.78 Å². The molecule has 0 aliphatic carbocycles. The average molecular weight is 373 g/mol. The molecule has 0 bridgehead atoms. The van der Waals surface area contributed by atoms with E-state index in [2.05, 4.69) is 10.5 Å². The number of para-hydroxylation sites is 1. The monoisotopic (exact) mass is 372 g/mol. The van der Waals surface area contributed by atoms with Crippen LogP contribution in [0.1, 0.15) is 5.56 Å². The maximum absolute atomic E-state index is 5.91. The van der Waals surface area contributed by atoms with Gasteiger partial charge in [-0.3, -0.25) is 5.43 Å². The minimum Gasteiger partial charge on any atom is -0.279 e. The number of anilines is 1. The first kappa shape index (κ1) is 17.1. The molecule has 3 aromatic carbocycles. The Balaban J connectivity index is 1.66. The zero-order valence-electron chi connectivity index (χ0n) is 14.5. The molecule has 1 N–H and O–H groups in total. The molecular weight excluding hydrogens is 356 g/mol. The van der Waals surface area contributed by atoms with Gasteiger partial charge in [-0.05, 0) is 36.4 Å². The number of aromatic nitrogens is 2. The summed E-state index contributed by atoms with van der Waals surface area (Å²) in [5.41, 5.74) is 7.73. The molecule has 1 aromatic heterocycles. The molecule has 132 valence electrons. The van der Waals surface area contributed by atoms with E-state index < -0.39 is 0 Å². The van der Waals surface area contributed by atoms with E-state index in [4.69, 9.17) is 16.7 Å². The van der Waals surface area contributed by atoms with E-state index in [1.165, 1.54) is 0 Å². The van der Waals surface area contributed by atoms with Gasteiger partial charge >= 0.3 is 0 Å². The van der Waals surface area contributed by atoms with Crippen LogP contribution in [-0.2, 0) is 0 Å². The highest BCUT2D eigenvalue weighted by Gasteiger charge is 2.10. The lowest BCUT2D eigenvalue weighted by atomic mass is 10.1. The number of nitrogens with zero attached hydrogens (tertiary/aromatic N) is 3. The van der Waals surface area contributed by atoms with Crippen LogP contribution in [0.15, 0.2) is 96.2 Å². The number of nitrogens with one attached hydrogen (secondary N) is 1. The normalized spacial score (nSPS) is 11.0. The zero-order valence-corrected chi connectivity index (χ0v) is 15.2. The van der Waals surface area contributed by atoms with E-state index in [1.807, 2.05) is 95.8 Å². The Hall–Kier alpha value is -3.37. The molecule has 4 nitrogen and oxygen atoms in total. The number of hydrogen-bond acceptors (Lipinski definition) is 3. The van der Waals surface area contributed by atoms with Crippen molar-refractivity contribution < 1.29 is 0 Å². The summed E-state index contributed by atoms with van der Waals surface area (Å²) in [5, 5.41) is 9.83. The van der Waals surface area contributed by atoms with Crippen LogP contribution < -0.4 is 5.43 Å². The predicted molar refractivity (Wildman–Crippen MR) is 112 cm³/mol. The van der Waals surface area contributed by atoms with Gasteiger partial charge in [0, 0.05) is 22.3 Å². The van der Waals surface area contributed by atoms with Gasteiger partial charge < -0.3 is 0 Å². The van der Waals surface area contributed by atoms with Crippen LogP contribution in [-0.4, -0.2) is 16.0 Å². The molecule has 0 unspecified atom stereocenters. The van der Waals surface area contributed by atoms with Crippen LogP contribution >= 0.6 is 11.6 Å². The summed E-state index contributed by atoms with van der Waals surface area (Å²) in [4.78, 5) is 0. The van der Waals surface area contributed by atoms with Crippen LogP contribution in [0, 0.1) is 0 Å². The summed E-state index contributed by atoms with van der Waals surface area (Å²) >= 11 is 5.91. The van der Waals surface area contributed by atoms with Gasteiger partial charge in [-0.25, -0.2) is 4.68 Å². The second-order valence-corrected chi connectivity index (χ2v) is 6.39. The van der Waals surface area contributed by atoms with Crippen LogP contribution in [0.5, 0.6) is 0 Å². The molecule has 5 heteroatoms. The van der Waals surface area contributed by atoms with Crippen molar-refractivity contribution in [3.05, 3.63) is 102 Å². The fraction of sp³-hybridized carbons (Fsp3) is 0. The predicted octanol–water partition coefficient (Wildman–Crippen LogP) is 5.64. The first-order valence-electron chi connectivity index (χ1n) is 8.55. The summed E-state index contributed by atoms with van der Waals surface area (Å²) in [6, 6.07) is 27.5. The number of rotatable bonds is 5. The van der Waals surface area contributed by atoms with Crippen LogP contribution in [0.25, 0.3) is 16.9 Å². The van der Waals surface area contributed by atoms with Gasteiger partial charge in [0.1, 0.15) is 5.69 Å². The summed E-state index contributed by atoms with van der Waals surface area (Å²) in [6.07, 6.45) is 3.76. The standard InChI is InChI=1S/C22H17ClN4/c23-19-11-13-20(14-12-19)25-24-15-18-16-27(21-9-5-2-6-10-21)26-22(18)17-7-3-1-4-8-17/h1-16,25H/b24-15+. The Kier molecular flexibility index (Phi) is 4.99. The molecule has 0 aliphatic rings. The smallest absolute Gasteiger partial charge is 0.102 e. The van der Waals surface area contributed by atoms with Crippen LogP contribution in [0.3, 0.4) is 0 Å². The van der Waals surface area contributed by atoms with Gasteiger partial charge in [-0.2, -0.15) is 10.2 Å². The van der Waals surface area contributed by atoms with Gasteiger partial charge in [-0.1, -0.05) is 60.1 Å². The SMILES string of the molecule is Clc1ccc(N/N=C/c2cn(-c3ccccc3)nc2-c2ccccc2)cc1. The quantitative estimate of drug-likeness (QED) is 0.364. The van der Waals surface area contributed by atoms with Gasteiger partial charge in [0.05, 0.1) is 17.6 Å². The summed E-state index contributed by atoms with van der Waals surface area (Å²) in [7, 11) is 0. The van der Waals surface area contributed by atoms with Crippen LogP contribution in [0.2, 0.25) is 5.02 Å². The van der Waals surface area contributed by atoms with E-state index in [1.54, 1.807) is 6.21 Å². The van der Waals surface area contributed by atoms with E-state index in [9.17, 15) is 0 Å². The highest BCUT2D eigenvalue weighted by atomic mass is 35.5. The highest BCUT2D eigenvalue weighted by Crippen LogP contribution is 2.22. The van der Waals surface area contributed by atoms with Crippen LogP contribution in [0.4, 0.5) is 5.69 Å². The molecule has 1 heterocycles. The van der Waals surface area contributed by atoms with Gasteiger partial charge in [0.2, 0.25) is 0 Å². The summed E-state index contributed by atoms with van der Waals surface area (Å²) in [5.74, 6) is 0. The molecule has 0 radical (unpaired) electrons. The van der Waals surface area contributed by atoms with E-state index in [0.717, 1.165) is 28.2 Å². The van der Waals surface area contributed by atoms with E-state index in [-0.39, 0.29) is 0 Å². The van der Waals surface area contributed by atoms with E-state index in [0.29, 0.717) is 5.02 Å². The molecule has 0 spiro atoms. The minimum atomic E-state index is 0.694. The Morgan fingerprint density at radius 1 is 0.852 bits per heavy atom. The van der Waals surface area contributed by atoms with Crippen molar-refractivity contribution in [1.29, 1.82) is 0 Å². The summed E-state index contributed by atoms with van der Waals surface area (Å²) in [6.45, 7) is 0. The Labute approximate surface area is 162 Å². The fourth-order valence-electron chi connectivity index (χ4n) is 2.72. The topological polar surface area (TPSA) is 42.2 Å². The second kappa shape index (κ2) is 7.89. The molecule has 27 heavy (non-hydrogen) atoms. The largest absolute Gasteiger partial charge is 0.279 e. The Morgan fingerprint density at radius 3 is 2.22 bits per heavy atom. The number of hydrogen-bond donors (Lipinski definition) is 1. The van der Waals surface area contributed by atoms with Gasteiger partial charge in [0.15, 0.2) is 0 Å². The molecule has 0 fully saturated rings. The molecule has 4 aromatic rings. The molecule has 0 aliphatic heterocycles. The summed E-state index contributed by atoms with van der Waals surface area (Å²) < 4.78 is 1.87. The highest BCUT2D eigenvalue weighted by molar-refractivity contribution is 6.30. The van der Waals surface area contributed by atoms with Gasteiger partial charge in [-0.15, -0.1) is 0 Å². The second-order valence-electron chi connectivity index (χ2n) is 5.96. The Morgan fingerprint density at radius 2 is 1.52 bits per heavy atom. The number of benzene rings is 3. The molecular formula is C22H17ClN4. The van der Waals surface area contributed by atoms with Crippen molar-refractivity contribution in [2.24, 2.45) is 5.10 Å². The number of halogens is 1. The fourth-order valence-corrected chi connectivity index (χ4v) is 2.84. The first-order valence-corrected chi connectivity index (χ1v) is 8.92. The third-order valence-electron chi connectivity index (χ3n) is 4.05. The number of hydrazone groups is 1. The maximum Gasteiger partial charge on any atom is 0.102 e. The molecule has 0 saturated heterocycles. The molecule has 4 rings (SSSR count). The zero-order chi connectivity index (χ0) is 18.5. The molecule has 0 amide bonds. The van der Waals surface area contributed by atoms with Crippen molar-refractivity contribution in [3.63, 3.8) is 0 Å². The minimum absolute atomic E-state index is 0.694. The van der Waals surface area contributed by atoms with E-state index >= 15 is 0 Å². The van der Waals surface area contributed by atoms with Crippen molar-refractivity contribution in [2.45, 2.75) is 0 Å². The molecule has 0 saturated carbocycles. The van der Waals surface area contributed by atoms with Crippen molar-refractivity contribution in [3.8, 4) is 16.9 Å². The third kappa shape index (κ3) is 4.07. The maximum atomic E-state index is 5.91. The lowest BCUT2D eigenvalue weighted by Gasteiger charge is -2.00. The van der Waals surface area contributed by atoms with Crippen molar-refractivity contribution >= 4 is 23.5 Å². The van der Waals surface area contributed by atoms with Gasteiger partial charge in [0.25, 0.3) is 0 Å². The Bertz CT molecular complexity index is 1040. The third-order valence-corrected chi connectivity index (χ3v) is 4.30. The average Bonchev–Trinajstić information content (AvgIpc) is 3.15. The lowest BCUT2D eigenvalue weighted by molar-refractivity contribution is 0.884. The first-order chi connectivity index (χ1) is 13.3. The lowest BCUT2D eigenvalue weighted by Crippen LogP contribution is -1.93. The molecule has 0 atom stereocenters.